The van der Waals surface area contributed by atoms with Crippen molar-refractivity contribution < 1.29 is 0 Å². The lowest BCUT2D eigenvalue weighted by atomic mass is 9.86. The van der Waals surface area contributed by atoms with E-state index in [1.54, 1.807) is 0 Å². The lowest BCUT2D eigenvalue weighted by Crippen LogP contribution is -2.37. The van der Waals surface area contributed by atoms with Gasteiger partial charge in [0, 0.05) is 18.7 Å². The number of benzene rings is 1. The number of rotatable bonds is 4. The Morgan fingerprint density at radius 3 is 2.67 bits per heavy atom. The van der Waals surface area contributed by atoms with E-state index in [2.05, 4.69) is 39.1 Å². The van der Waals surface area contributed by atoms with Crippen molar-refractivity contribution in [3.8, 4) is 11.4 Å². The first kappa shape index (κ1) is 14.3. The third-order valence-electron chi connectivity index (χ3n) is 4.63. The number of nitrogens with one attached hydrogen (secondary N) is 1. The van der Waals surface area contributed by atoms with Crippen LogP contribution in [0.25, 0.3) is 11.4 Å². The Hall–Kier alpha value is -1.68. The highest BCUT2D eigenvalue weighted by Crippen LogP contribution is 2.24. The van der Waals surface area contributed by atoms with E-state index < -0.39 is 0 Å². The van der Waals surface area contributed by atoms with Gasteiger partial charge in [-0.05, 0) is 18.8 Å². The molecule has 0 aliphatic heterocycles. The van der Waals surface area contributed by atoms with E-state index in [9.17, 15) is 0 Å². The maximum absolute atomic E-state index is 4.35. The first-order valence-corrected chi connectivity index (χ1v) is 7.93. The van der Waals surface area contributed by atoms with E-state index in [1.807, 2.05) is 25.2 Å². The zero-order valence-electron chi connectivity index (χ0n) is 12.9. The van der Waals surface area contributed by atoms with E-state index in [-0.39, 0.29) is 0 Å². The maximum atomic E-state index is 4.35. The van der Waals surface area contributed by atoms with Crippen LogP contribution < -0.4 is 5.32 Å². The van der Waals surface area contributed by atoms with Gasteiger partial charge in [-0.2, -0.15) is 0 Å². The predicted octanol–water partition coefficient (Wildman–Crippen LogP) is 3.15. The number of hydrogen-bond acceptors (Lipinski definition) is 3. The molecule has 0 unspecified atom stereocenters. The summed E-state index contributed by atoms with van der Waals surface area (Å²) in [6.07, 6.45) is 5.34. The Bertz CT molecular complexity index is 576. The monoisotopic (exact) mass is 284 g/mol. The lowest BCUT2D eigenvalue weighted by Gasteiger charge is -2.29. The Labute approximate surface area is 126 Å². The lowest BCUT2D eigenvalue weighted by molar-refractivity contribution is 0.277. The molecule has 1 fully saturated rings. The third kappa shape index (κ3) is 3.16. The normalized spacial score (nSPS) is 22.4. The molecule has 1 aliphatic rings. The fraction of sp³-hybridized carbons (Fsp3) is 0.529. The van der Waals surface area contributed by atoms with Gasteiger partial charge in [-0.1, -0.05) is 50.1 Å². The Balaban J connectivity index is 1.68. The summed E-state index contributed by atoms with van der Waals surface area (Å²) in [7, 11) is 2.05. The quantitative estimate of drug-likeness (QED) is 0.938. The van der Waals surface area contributed by atoms with Crippen molar-refractivity contribution in [2.24, 2.45) is 13.0 Å². The van der Waals surface area contributed by atoms with Gasteiger partial charge in [-0.15, -0.1) is 10.2 Å². The molecule has 0 radical (unpaired) electrons. The number of hydrogen-bond donors (Lipinski definition) is 1. The molecule has 1 aromatic carbocycles. The van der Waals surface area contributed by atoms with Crippen molar-refractivity contribution >= 4 is 0 Å². The van der Waals surface area contributed by atoms with Crippen LogP contribution in [0.3, 0.4) is 0 Å². The second-order valence-electron chi connectivity index (χ2n) is 6.11. The Morgan fingerprint density at radius 2 is 1.90 bits per heavy atom. The van der Waals surface area contributed by atoms with Crippen LogP contribution >= 0.6 is 0 Å². The number of nitrogens with zero attached hydrogens (tertiary/aromatic N) is 3. The second-order valence-corrected chi connectivity index (χ2v) is 6.11. The molecular weight excluding hydrogens is 260 g/mol. The molecule has 0 amide bonds. The molecule has 0 saturated heterocycles. The molecule has 112 valence electrons. The van der Waals surface area contributed by atoms with Crippen LogP contribution in [0.5, 0.6) is 0 Å². The topological polar surface area (TPSA) is 42.7 Å². The van der Waals surface area contributed by atoms with Crippen molar-refractivity contribution in [2.45, 2.75) is 45.2 Å². The van der Waals surface area contributed by atoms with Gasteiger partial charge in [0.05, 0.1) is 6.54 Å². The minimum Gasteiger partial charge on any atom is -0.313 e. The van der Waals surface area contributed by atoms with Crippen molar-refractivity contribution in [3.63, 3.8) is 0 Å². The van der Waals surface area contributed by atoms with Gasteiger partial charge in [-0.25, -0.2) is 0 Å². The van der Waals surface area contributed by atoms with Crippen molar-refractivity contribution in [1.82, 2.24) is 20.1 Å². The molecule has 4 nitrogen and oxygen atoms in total. The fourth-order valence-corrected chi connectivity index (χ4v) is 3.20. The van der Waals surface area contributed by atoms with Gasteiger partial charge in [0.15, 0.2) is 5.82 Å². The molecule has 1 saturated carbocycles. The maximum Gasteiger partial charge on any atom is 0.163 e. The standard InChI is InChI=1S/C17H24N4/c1-13-8-6-7-11-15(13)18-12-16-19-20-17(21(16)2)14-9-4-3-5-10-14/h3-5,9-10,13,15,18H,6-8,11-12H2,1-2H3/t13-,15-/m0/s1. The highest BCUT2D eigenvalue weighted by Gasteiger charge is 2.21. The summed E-state index contributed by atoms with van der Waals surface area (Å²) >= 11 is 0. The molecule has 1 heterocycles. The van der Waals surface area contributed by atoms with Gasteiger partial charge in [0.1, 0.15) is 5.82 Å². The molecule has 1 aliphatic carbocycles. The molecule has 2 atom stereocenters. The van der Waals surface area contributed by atoms with Crippen LogP contribution in [0.15, 0.2) is 30.3 Å². The highest BCUT2D eigenvalue weighted by molar-refractivity contribution is 5.54. The first-order valence-electron chi connectivity index (χ1n) is 7.93. The summed E-state index contributed by atoms with van der Waals surface area (Å²) in [5, 5.41) is 12.4. The zero-order valence-corrected chi connectivity index (χ0v) is 12.9. The van der Waals surface area contributed by atoms with E-state index in [0.717, 1.165) is 29.7 Å². The van der Waals surface area contributed by atoms with Crippen molar-refractivity contribution in [2.75, 3.05) is 0 Å². The van der Waals surface area contributed by atoms with E-state index in [0.29, 0.717) is 6.04 Å². The molecular formula is C17H24N4. The third-order valence-corrected chi connectivity index (χ3v) is 4.63. The van der Waals surface area contributed by atoms with Gasteiger partial charge in [0.2, 0.25) is 0 Å². The van der Waals surface area contributed by atoms with Crippen LogP contribution in [-0.2, 0) is 13.6 Å². The molecule has 0 spiro atoms. The van der Waals surface area contributed by atoms with E-state index >= 15 is 0 Å². The minimum atomic E-state index is 0.621. The van der Waals surface area contributed by atoms with Crippen LogP contribution in [0.2, 0.25) is 0 Å². The first-order chi connectivity index (χ1) is 10.3. The van der Waals surface area contributed by atoms with E-state index in [4.69, 9.17) is 0 Å². The summed E-state index contributed by atoms with van der Waals surface area (Å²) in [5.41, 5.74) is 1.12. The Kier molecular flexibility index (Phi) is 4.34. The van der Waals surface area contributed by atoms with E-state index in [1.165, 1.54) is 25.7 Å². The summed E-state index contributed by atoms with van der Waals surface area (Å²) in [6, 6.07) is 10.9. The van der Waals surface area contributed by atoms with Crippen molar-refractivity contribution in [3.05, 3.63) is 36.2 Å². The van der Waals surface area contributed by atoms with Gasteiger partial charge in [0.25, 0.3) is 0 Å². The predicted molar refractivity (Wildman–Crippen MR) is 84.7 cm³/mol. The highest BCUT2D eigenvalue weighted by atomic mass is 15.3. The van der Waals surface area contributed by atoms with Crippen molar-refractivity contribution in [1.29, 1.82) is 0 Å². The molecule has 3 rings (SSSR count). The molecule has 1 N–H and O–H groups in total. The largest absolute Gasteiger partial charge is 0.313 e. The molecule has 1 aromatic heterocycles. The summed E-state index contributed by atoms with van der Waals surface area (Å²) in [6.45, 7) is 3.15. The van der Waals surface area contributed by atoms with Gasteiger partial charge in [-0.3, -0.25) is 0 Å². The molecule has 21 heavy (non-hydrogen) atoms. The molecule has 0 bridgehead atoms. The fourth-order valence-electron chi connectivity index (χ4n) is 3.20. The molecule has 2 aromatic rings. The smallest absolute Gasteiger partial charge is 0.163 e. The van der Waals surface area contributed by atoms with Crippen LogP contribution in [0, 0.1) is 5.92 Å². The minimum absolute atomic E-state index is 0.621. The Morgan fingerprint density at radius 1 is 1.14 bits per heavy atom. The summed E-state index contributed by atoms with van der Waals surface area (Å²) in [4.78, 5) is 0. The SMILES string of the molecule is C[C@H]1CCCC[C@@H]1NCc1nnc(-c2ccccc2)n1C. The summed E-state index contributed by atoms with van der Waals surface area (Å²) < 4.78 is 2.09. The molecule has 4 heteroatoms. The second kappa shape index (κ2) is 6.39. The average molecular weight is 284 g/mol. The van der Waals surface area contributed by atoms with Crippen LogP contribution in [0.4, 0.5) is 0 Å². The van der Waals surface area contributed by atoms with Crippen LogP contribution in [0.1, 0.15) is 38.4 Å². The van der Waals surface area contributed by atoms with Crippen LogP contribution in [-0.4, -0.2) is 20.8 Å². The average Bonchev–Trinajstić information content (AvgIpc) is 2.88. The van der Waals surface area contributed by atoms with Gasteiger partial charge >= 0.3 is 0 Å². The summed E-state index contributed by atoms with van der Waals surface area (Å²) in [5.74, 6) is 2.70. The van der Waals surface area contributed by atoms with Gasteiger partial charge < -0.3 is 9.88 Å². The zero-order chi connectivity index (χ0) is 14.7. The number of aromatic nitrogens is 3.